The molecule has 0 N–H and O–H groups in total. The molecule has 0 aromatic carbocycles. The molecule has 1 rings (SSSR count). The van der Waals surface area contributed by atoms with Gasteiger partial charge in [0, 0.05) is 17.6 Å². The predicted molar refractivity (Wildman–Crippen MR) is 148 cm³/mol. The molecule has 0 spiro atoms. The second kappa shape index (κ2) is 14.0. The highest BCUT2D eigenvalue weighted by molar-refractivity contribution is 8.77. The lowest BCUT2D eigenvalue weighted by Gasteiger charge is -2.53. The van der Waals surface area contributed by atoms with E-state index in [1.54, 1.807) is 0 Å². The maximum Gasteiger partial charge on any atom is 0.0834 e. The van der Waals surface area contributed by atoms with Crippen LogP contribution >= 0.6 is 21.6 Å². The van der Waals surface area contributed by atoms with E-state index in [1.807, 2.05) is 17.9 Å². The molecule has 4 unspecified atom stereocenters. The summed E-state index contributed by atoms with van der Waals surface area (Å²) in [7, 11) is 5.85. The fourth-order valence-corrected chi connectivity index (χ4v) is 8.76. The van der Waals surface area contributed by atoms with Gasteiger partial charge in [-0.05, 0) is 75.5 Å². The predicted octanol–water partition coefficient (Wildman–Crippen LogP) is 9.34. The molecule has 1 saturated carbocycles. The highest BCUT2D eigenvalue weighted by Gasteiger charge is 2.48. The van der Waals surface area contributed by atoms with Gasteiger partial charge in [0.05, 0.1) is 18.8 Å². The van der Waals surface area contributed by atoms with E-state index < -0.39 is 0 Å². The first-order chi connectivity index (χ1) is 15.0. The summed E-state index contributed by atoms with van der Waals surface area (Å²) in [4.78, 5) is 0. The number of hydrogen-bond acceptors (Lipinski definition) is 4. The number of hydrogen-bond donors (Lipinski definition) is 0. The van der Waals surface area contributed by atoms with Crippen LogP contribution in [0.1, 0.15) is 113 Å². The molecule has 2 nitrogen and oxygen atoms in total. The minimum absolute atomic E-state index is 0.217. The van der Waals surface area contributed by atoms with Crippen molar-refractivity contribution in [1.82, 2.24) is 0 Å². The molecular formula is C28H54O2S2. The molecule has 4 heteroatoms. The van der Waals surface area contributed by atoms with Crippen molar-refractivity contribution in [3.63, 3.8) is 0 Å². The molecule has 0 aliphatic heterocycles. The van der Waals surface area contributed by atoms with Gasteiger partial charge in [-0.3, -0.25) is 0 Å². The van der Waals surface area contributed by atoms with E-state index in [4.69, 9.17) is 9.47 Å². The van der Waals surface area contributed by atoms with Crippen molar-refractivity contribution in [2.45, 2.75) is 130 Å². The first kappa shape index (κ1) is 30.4. The van der Waals surface area contributed by atoms with Crippen LogP contribution in [0.5, 0.6) is 0 Å². The Morgan fingerprint density at radius 1 is 1.16 bits per heavy atom. The number of allylic oxidation sites excluding steroid dienone is 1. The minimum atomic E-state index is 0.217. The molecule has 1 aliphatic rings. The summed E-state index contributed by atoms with van der Waals surface area (Å²) in [5.74, 6) is 1.79. The second-order valence-corrected chi connectivity index (χ2v) is 14.7. The highest BCUT2D eigenvalue weighted by atomic mass is 33.1. The van der Waals surface area contributed by atoms with Gasteiger partial charge >= 0.3 is 0 Å². The van der Waals surface area contributed by atoms with Gasteiger partial charge in [0.2, 0.25) is 0 Å². The first-order valence-electron chi connectivity index (χ1n) is 13.1. The van der Waals surface area contributed by atoms with Crippen molar-refractivity contribution in [3.8, 4) is 0 Å². The van der Waals surface area contributed by atoms with Crippen LogP contribution in [0.3, 0.4) is 0 Å². The Kier molecular flexibility index (Phi) is 13.3. The Morgan fingerprint density at radius 2 is 1.84 bits per heavy atom. The Hall–Kier alpha value is 0.360. The topological polar surface area (TPSA) is 18.5 Å². The Labute approximate surface area is 209 Å². The van der Waals surface area contributed by atoms with E-state index in [0.29, 0.717) is 10.8 Å². The highest BCUT2D eigenvalue weighted by Crippen LogP contribution is 2.59. The smallest absolute Gasteiger partial charge is 0.0834 e. The fraction of sp³-hybridized carbons (Fsp3) is 0.929. The monoisotopic (exact) mass is 486 g/mol. The van der Waals surface area contributed by atoms with E-state index in [-0.39, 0.29) is 17.0 Å². The summed E-state index contributed by atoms with van der Waals surface area (Å²) in [6.45, 7) is 24.4. The third-order valence-electron chi connectivity index (χ3n) is 7.69. The van der Waals surface area contributed by atoms with Crippen molar-refractivity contribution in [2.24, 2.45) is 16.7 Å². The van der Waals surface area contributed by atoms with E-state index >= 15 is 0 Å². The fourth-order valence-electron chi connectivity index (χ4n) is 6.18. The molecule has 1 aliphatic carbocycles. The van der Waals surface area contributed by atoms with Crippen LogP contribution in [0, 0.1) is 16.7 Å². The first-order valence-corrected chi connectivity index (χ1v) is 15.4. The number of ether oxygens (including phenoxy) is 2. The quantitative estimate of drug-likeness (QED) is 0.123. The molecular weight excluding hydrogens is 432 g/mol. The van der Waals surface area contributed by atoms with Crippen molar-refractivity contribution < 1.29 is 9.47 Å². The summed E-state index contributed by atoms with van der Waals surface area (Å²) in [5.41, 5.74) is 2.15. The van der Waals surface area contributed by atoms with Crippen LogP contribution in [-0.2, 0) is 9.47 Å². The van der Waals surface area contributed by atoms with Gasteiger partial charge in [0.15, 0.2) is 0 Å². The van der Waals surface area contributed by atoms with Crippen molar-refractivity contribution in [1.29, 1.82) is 0 Å². The van der Waals surface area contributed by atoms with Crippen molar-refractivity contribution in [2.75, 3.05) is 19.5 Å². The van der Waals surface area contributed by atoms with Crippen LogP contribution in [0.4, 0.5) is 0 Å². The molecule has 0 aromatic rings. The molecule has 0 amide bonds. The van der Waals surface area contributed by atoms with Gasteiger partial charge in [-0.15, -0.1) is 0 Å². The van der Waals surface area contributed by atoms with Gasteiger partial charge in [0.25, 0.3) is 0 Å². The molecule has 0 saturated heterocycles. The summed E-state index contributed by atoms with van der Waals surface area (Å²) < 4.78 is 12.2. The zero-order valence-electron chi connectivity index (χ0n) is 22.9. The van der Waals surface area contributed by atoms with Crippen LogP contribution in [-0.4, -0.2) is 36.4 Å². The average Bonchev–Trinajstić information content (AvgIpc) is 2.70. The Balaban J connectivity index is 2.56. The molecule has 0 heterocycles. The maximum absolute atomic E-state index is 6.24. The van der Waals surface area contributed by atoms with Gasteiger partial charge in [-0.25, -0.2) is 0 Å². The lowest BCUT2D eigenvalue weighted by atomic mass is 9.53. The van der Waals surface area contributed by atoms with E-state index in [1.165, 1.54) is 50.5 Å². The van der Waals surface area contributed by atoms with Gasteiger partial charge in [-0.2, -0.15) is 0 Å². The lowest BCUT2D eigenvalue weighted by Crippen LogP contribution is -2.44. The molecule has 0 bridgehead atoms. The van der Waals surface area contributed by atoms with E-state index in [2.05, 4.69) is 72.8 Å². The van der Waals surface area contributed by atoms with Gasteiger partial charge in [0.1, 0.15) is 0 Å². The minimum Gasteiger partial charge on any atom is -0.379 e. The van der Waals surface area contributed by atoms with Gasteiger partial charge < -0.3 is 9.47 Å². The van der Waals surface area contributed by atoms with Crippen LogP contribution in [0.15, 0.2) is 12.2 Å². The van der Waals surface area contributed by atoms with Crippen molar-refractivity contribution >= 4 is 21.6 Å². The zero-order chi connectivity index (χ0) is 24.4. The third-order valence-corrected chi connectivity index (χ3v) is 10.9. The summed E-state index contributed by atoms with van der Waals surface area (Å²) >= 11 is 0. The van der Waals surface area contributed by atoms with Crippen LogP contribution in [0.25, 0.3) is 0 Å². The lowest BCUT2D eigenvalue weighted by molar-refractivity contribution is -0.0569. The van der Waals surface area contributed by atoms with E-state index in [9.17, 15) is 0 Å². The molecule has 0 radical (unpaired) electrons. The van der Waals surface area contributed by atoms with Crippen LogP contribution < -0.4 is 0 Å². The summed E-state index contributed by atoms with van der Waals surface area (Å²) in [5, 5.41) is 0. The summed E-state index contributed by atoms with van der Waals surface area (Å²) in [6, 6.07) is 0. The normalized spacial score (nSPS) is 24.5. The second-order valence-electron chi connectivity index (χ2n) is 11.5. The number of unbranched alkanes of at least 4 members (excludes halogenated alkanes) is 1. The number of methoxy groups -OCH3 is 1. The van der Waals surface area contributed by atoms with Crippen LogP contribution in [0.2, 0.25) is 0 Å². The summed E-state index contributed by atoms with van der Waals surface area (Å²) in [6.07, 6.45) is 11.2. The SMILES string of the molecule is C=C1CC(C)CC(CC)(C(C)(C)CC(C)(C)SSCCOC(CC)C(CCCC)OC)C1. The zero-order valence-corrected chi connectivity index (χ0v) is 24.5. The Bertz CT molecular complexity index is 546. The van der Waals surface area contributed by atoms with E-state index in [0.717, 1.165) is 31.1 Å². The largest absolute Gasteiger partial charge is 0.379 e. The average molecular weight is 487 g/mol. The molecule has 32 heavy (non-hydrogen) atoms. The molecule has 190 valence electrons. The van der Waals surface area contributed by atoms with Gasteiger partial charge in [-0.1, -0.05) is 88.1 Å². The van der Waals surface area contributed by atoms with Crippen molar-refractivity contribution in [3.05, 3.63) is 12.2 Å². The molecule has 4 atom stereocenters. The standard InChI is InChI=1S/C28H54O2S2/c1-11-14-15-25(29-10)24(12-2)30-16-17-31-32-27(8,9)21-26(6,7)28(13-3)19-22(4)18-23(5)20-28/h23-25H,4,11-21H2,1-3,5-10H3. The molecule has 0 aromatic heterocycles. The third kappa shape index (κ3) is 9.19. The maximum atomic E-state index is 6.24. The molecule has 1 fully saturated rings. The Morgan fingerprint density at radius 3 is 2.38 bits per heavy atom. The number of rotatable bonds is 16.